The van der Waals surface area contributed by atoms with Gasteiger partial charge in [-0.05, 0) is 43.0 Å². The summed E-state index contributed by atoms with van der Waals surface area (Å²) in [6.07, 6.45) is 3.31. The number of carbonyl (C=O) groups is 3. The summed E-state index contributed by atoms with van der Waals surface area (Å²) in [4.78, 5) is 41.1. The summed E-state index contributed by atoms with van der Waals surface area (Å²) in [5.41, 5.74) is 1.91. The van der Waals surface area contributed by atoms with Crippen LogP contribution in [-0.2, 0) is 9.59 Å². The predicted octanol–water partition coefficient (Wildman–Crippen LogP) is 3.25. The second kappa shape index (κ2) is 8.93. The number of rotatable bonds is 6. The van der Waals surface area contributed by atoms with Crippen LogP contribution in [0.4, 0.5) is 11.4 Å². The molecule has 2 aromatic rings. The van der Waals surface area contributed by atoms with Crippen LogP contribution >= 0.6 is 11.8 Å². The minimum atomic E-state index is -0.262. The van der Waals surface area contributed by atoms with Crippen molar-refractivity contribution >= 4 is 40.9 Å². The van der Waals surface area contributed by atoms with Crippen molar-refractivity contribution in [1.82, 2.24) is 4.90 Å². The van der Waals surface area contributed by atoms with Crippen LogP contribution in [0.5, 0.6) is 0 Å². The van der Waals surface area contributed by atoms with Gasteiger partial charge in [0.2, 0.25) is 11.8 Å². The van der Waals surface area contributed by atoms with E-state index in [2.05, 4.69) is 5.32 Å². The smallest absolute Gasteiger partial charge is 0.254 e. The van der Waals surface area contributed by atoms with Gasteiger partial charge in [0.25, 0.3) is 5.91 Å². The van der Waals surface area contributed by atoms with E-state index >= 15 is 0 Å². The molecule has 3 amide bonds. The summed E-state index contributed by atoms with van der Waals surface area (Å²) >= 11 is 1.55. The van der Waals surface area contributed by atoms with E-state index in [1.54, 1.807) is 41.9 Å². The number of carbonyl (C=O) groups excluding carboxylic acids is 3. The highest BCUT2D eigenvalue weighted by Gasteiger charge is 2.23. The number of nitrogens with zero attached hydrogens (tertiary/aromatic N) is 2. The minimum Gasteiger partial charge on any atom is -0.332 e. The van der Waals surface area contributed by atoms with E-state index in [0.717, 1.165) is 22.7 Å². The Labute approximate surface area is 168 Å². The van der Waals surface area contributed by atoms with Gasteiger partial charge in [-0.2, -0.15) is 0 Å². The molecule has 2 aromatic carbocycles. The second-order valence-corrected chi connectivity index (χ2v) is 7.46. The fourth-order valence-corrected chi connectivity index (χ4v) is 3.73. The van der Waals surface area contributed by atoms with E-state index < -0.39 is 0 Å². The van der Waals surface area contributed by atoms with E-state index in [1.807, 2.05) is 36.6 Å². The lowest BCUT2D eigenvalue weighted by Crippen LogP contribution is -2.35. The fraction of sp³-hybridized carbons (Fsp3) is 0.286. The van der Waals surface area contributed by atoms with E-state index in [4.69, 9.17) is 0 Å². The SMILES string of the molecule is CSc1ccccc1NC(=O)CN(C)C(=O)c1cccc(N2CCCC2=O)c1. The fourth-order valence-electron chi connectivity index (χ4n) is 3.17. The highest BCUT2D eigenvalue weighted by Crippen LogP contribution is 2.25. The maximum Gasteiger partial charge on any atom is 0.254 e. The van der Waals surface area contributed by atoms with Crippen molar-refractivity contribution in [2.24, 2.45) is 0 Å². The lowest BCUT2D eigenvalue weighted by atomic mass is 10.1. The molecule has 1 heterocycles. The quantitative estimate of drug-likeness (QED) is 0.760. The molecule has 6 nitrogen and oxygen atoms in total. The summed E-state index contributed by atoms with van der Waals surface area (Å²) in [6.45, 7) is 0.609. The van der Waals surface area contributed by atoms with Crippen molar-refractivity contribution in [3.63, 3.8) is 0 Å². The molecule has 1 saturated heterocycles. The normalized spacial score (nSPS) is 13.5. The van der Waals surface area contributed by atoms with Gasteiger partial charge in [0.15, 0.2) is 0 Å². The molecular formula is C21H23N3O3S. The molecule has 1 aliphatic rings. The molecule has 0 aliphatic carbocycles. The maximum atomic E-state index is 12.7. The summed E-state index contributed by atoms with van der Waals surface area (Å²) in [7, 11) is 1.59. The monoisotopic (exact) mass is 397 g/mol. The first kappa shape index (κ1) is 19.9. The zero-order valence-electron chi connectivity index (χ0n) is 16.0. The van der Waals surface area contributed by atoms with Crippen molar-refractivity contribution in [2.75, 3.05) is 36.6 Å². The summed E-state index contributed by atoms with van der Waals surface area (Å²) in [5, 5.41) is 2.85. The first-order valence-electron chi connectivity index (χ1n) is 9.08. The average molecular weight is 398 g/mol. The van der Waals surface area contributed by atoms with Gasteiger partial charge in [0.1, 0.15) is 0 Å². The van der Waals surface area contributed by atoms with Gasteiger partial charge >= 0.3 is 0 Å². The van der Waals surface area contributed by atoms with Crippen molar-refractivity contribution < 1.29 is 14.4 Å². The van der Waals surface area contributed by atoms with Gasteiger partial charge in [-0.3, -0.25) is 14.4 Å². The third-order valence-corrected chi connectivity index (χ3v) is 5.38. The van der Waals surface area contributed by atoms with Crippen LogP contribution in [-0.4, -0.2) is 49.0 Å². The number of para-hydroxylation sites is 1. The molecule has 0 spiro atoms. The molecule has 7 heteroatoms. The summed E-state index contributed by atoms with van der Waals surface area (Å²) in [6, 6.07) is 14.5. The van der Waals surface area contributed by atoms with Crippen LogP contribution < -0.4 is 10.2 Å². The Morgan fingerprint density at radius 2 is 1.96 bits per heavy atom. The van der Waals surface area contributed by atoms with Crippen LogP contribution in [0.3, 0.4) is 0 Å². The van der Waals surface area contributed by atoms with Crippen LogP contribution in [0.25, 0.3) is 0 Å². The zero-order valence-corrected chi connectivity index (χ0v) is 16.8. The van der Waals surface area contributed by atoms with E-state index in [1.165, 1.54) is 4.90 Å². The molecule has 0 radical (unpaired) electrons. The van der Waals surface area contributed by atoms with Gasteiger partial charge in [-0.15, -0.1) is 11.8 Å². The number of hydrogen-bond acceptors (Lipinski definition) is 4. The molecule has 1 aliphatic heterocycles. The lowest BCUT2D eigenvalue weighted by Gasteiger charge is -2.20. The molecule has 0 aromatic heterocycles. The highest BCUT2D eigenvalue weighted by atomic mass is 32.2. The van der Waals surface area contributed by atoms with Crippen molar-refractivity contribution in [2.45, 2.75) is 17.7 Å². The zero-order chi connectivity index (χ0) is 20.1. The first-order valence-corrected chi connectivity index (χ1v) is 10.3. The van der Waals surface area contributed by atoms with Crippen LogP contribution in [0, 0.1) is 0 Å². The van der Waals surface area contributed by atoms with Crippen LogP contribution in [0.2, 0.25) is 0 Å². The molecule has 0 saturated carbocycles. The molecule has 146 valence electrons. The first-order chi connectivity index (χ1) is 13.5. The number of amides is 3. The van der Waals surface area contributed by atoms with Gasteiger partial charge in [-0.25, -0.2) is 0 Å². The van der Waals surface area contributed by atoms with Crippen molar-refractivity contribution in [3.05, 3.63) is 54.1 Å². The van der Waals surface area contributed by atoms with Gasteiger partial charge in [0.05, 0.1) is 12.2 Å². The van der Waals surface area contributed by atoms with Gasteiger partial charge in [-0.1, -0.05) is 18.2 Å². The van der Waals surface area contributed by atoms with E-state index in [-0.39, 0.29) is 24.3 Å². The number of hydrogen-bond donors (Lipinski definition) is 1. The van der Waals surface area contributed by atoms with Gasteiger partial charge < -0.3 is 15.1 Å². The molecule has 28 heavy (non-hydrogen) atoms. The highest BCUT2D eigenvalue weighted by molar-refractivity contribution is 7.98. The molecule has 1 N–H and O–H groups in total. The third-order valence-electron chi connectivity index (χ3n) is 4.59. The van der Waals surface area contributed by atoms with Crippen molar-refractivity contribution in [1.29, 1.82) is 0 Å². The Morgan fingerprint density at radius 3 is 2.68 bits per heavy atom. The largest absolute Gasteiger partial charge is 0.332 e. The third kappa shape index (κ3) is 4.54. The minimum absolute atomic E-state index is 0.0611. The second-order valence-electron chi connectivity index (χ2n) is 6.61. The summed E-state index contributed by atoms with van der Waals surface area (Å²) in [5.74, 6) is -0.449. The topological polar surface area (TPSA) is 69.7 Å². The Kier molecular flexibility index (Phi) is 6.36. The molecule has 0 unspecified atom stereocenters. The number of anilines is 2. The number of benzene rings is 2. The predicted molar refractivity (Wildman–Crippen MR) is 112 cm³/mol. The Balaban J connectivity index is 1.66. The lowest BCUT2D eigenvalue weighted by molar-refractivity contribution is -0.117. The Hall–Kier alpha value is -2.80. The average Bonchev–Trinajstić information content (AvgIpc) is 3.13. The van der Waals surface area contributed by atoms with Gasteiger partial charge in [0, 0.05) is 36.2 Å². The Bertz CT molecular complexity index is 900. The van der Waals surface area contributed by atoms with E-state index in [0.29, 0.717) is 18.5 Å². The van der Waals surface area contributed by atoms with Crippen molar-refractivity contribution in [3.8, 4) is 0 Å². The molecule has 3 rings (SSSR count). The molecular weight excluding hydrogens is 374 g/mol. The maximum absolute atomic E-state index is 12.7. The number of thioether (sulfide) groups is 1. The number of likely N-dealkylation sites (N-methyl/N-ethyl adjacent to an activating group) is 1. The molecule has 0 atom stereocenters. The Morgan fingerprint density at radius 1 is 1.18 bits per heavy atom. The van der Waals surface area contributed by atoms with E-state index in [9.17, 15) is 14.4 Å². The molecule has 1 fully saturated rings. The van der Waals surface area contributed by atoms with Crippen LogP contribution in [0.1, 0.15) is 23.2 Å². The molecule has 0 bridgehead atoms. The van der Waals surface area contributed by atoms with Crippen LogP contribution in [0.15, 0.2) is 53.4 Å². The summed E-state index contributed by atoms with van der Waals surface area (Å²) < 4.78 is 0. The number of nitrogens with one attached hydrogen (secondary N) is 1. The standard InChI is InChI=1S/C21H23N3O3S/c1-23(14-19(25)22-17-9-3-4-10-18(17)28-2)21(27)15-7-5-8-16(13-15)24-12-6-11-20(24)26/h3-5,7-10,13H,6,11-12,14H2,1-2H3,(H,22,25).